The van der Waals surface area contributed by atoms with Gasteiger partial charge < -0.3 is 4.57 Å². The van der Waals surface area contributed by atoms with Crippen LogP contribution in [0.15, 0.2) is 28.7 Å². The van der Waals surface area contributed by atoms with Crippen LogP contribution in [-0.2, 0) is 13.2 Å². The van der Waals surface area contributed by atoms with Crippen molar-refractivity contribution in [3.05, 3.63) is 45.8 Å². The first-order chi connectivity index (χ1) is 9.27. The number of nitriles is 1. The van der Waals surface area contributed by atoms with Gasteiger partial charge in [-0.15, -0.1) is 0 Å². The van der Waals surface area contributed by atoms with E-state index in [4.69, 9.17) is 5.26 Å². The molecule has 0 atom stereocenters. The Kier molecular flexibility index (Phi) is 3.61. The minimum absolute atomic E-state index is 0.0895. The highest BCUT2D eigenvalue weighted by atomic mass is 79.9. The molecule has 0 fully saturated rings. The first-order valence-corrected chi connectivity index (χ1v) is 6.18. The third-order valence-electron chi connectivity index (χ3n) is 2.83. The zero-order valence-electron chi connectivity index (χ0n) is 10.1. The van der Waals surface area contributed by atoms with Crippen molar-refractivity contribution in [3.8, 4) is 17.3 Å². The van der Waals surface area contributed by atoms with E-state index in [2.05, 4.69) is 15.9 Å². The van der Waals surface area contributed by atoms with Crippen LogP contribution < -0.4 is 0 Å². The molecule has 1 aromatic heterocycles. The van der Waals surface area contributed by atoms with E-state index in [1.165, 1.54) is 19.2 Å². The van der Waals surface area contributed by atoms with Gasteiger partial charge in [0.1, 0.15) is 17.6 Å². The summed E-state index contributed by atoms with van der Waals surface area (Å²) in [5, 5.41) is 9.08. The number of hydrogen-bond acceptors (Lipinski definition) is 1. The third-order valence-corrected chi connectivity index (χ3v) is 3.61. The summed E-state index contributed by atoms with van der Waals surface area (Å²) in [4.78, 5) is 0. The van der Waals surface area contributed by atoms with Gasteiger partial charge in [-0.05, 0) is 45.8 Å². The van der Waals surface area contributed by atoms with Gasteiger partial charge in [0.05, 0.1) is 15.7 Å². The molecular weight excluding hydrogens is 340 g/mol. The van der Waals surface area contributed by atoms with Crippen molar-refractivity contribution < 1.29 is 17.6 Å². The number of rotatable bonds is 1. The second-order valence-corrected chi connectivity index (χ2v) is 4.85. The minimum atomic E-state index is -4.60. The quantitative estimate of drug-likeness (QED) is 0.699. The Labute approximate surface area is 120 Å². The molecule has 20 heavy (non-hydrogen) atoms. The lowest BCUT2D eigenvalue weighted by Crippen LogP contribution is -2.12. The molecule has 0 saturated heterocycles. The lowest BCUT2D eigenvalue weighted by molar-refractivity contribution is -0.143. The van der Waals surface area contributed by atoms with E-state index in [1.54, 1.807) is 6.07 Å². The maximum absolute atomic E-state index is 13.0. The Bertz CT molecular complexity index is 693. The molecule has 0 spiro atoms. The van der Waals surface area contributed by atoms with Crippen molar-refractivity contribution in [3.63, 3.8) is 0 Å². The molecule has 1 aromatic carbocycles. The fourth-order valence-electron chi connectivity index (χ4n) is 2.01. The summed E-state index contributed by atoms with van der Waals surface area (Å²) < 4.78 is 52.5. The molecule has 0 aliphatic heterocycles. The minimum Gasteiger partial charge on any atom is -0.338 e. The zero-order chi connectivity index (χ0) is 15.1. The van der Waals surface area contributed by atoms with Gasteiger partial charge >= 0.3 is 6.18 Å². The van der Waals surface area contributed by atoms with Gasteiger partial charge in [0.2, 0.25) is 0 Å². The lowest BCUT2D eigenvalue weighted by atomic mass is 10.1. The average molecular weight is 347 g/mol. The smallest absolute Gasteiger partial charge is 0.338 e. The number of hydrogen-bond donors (Lipinski definition) is 0. The number of halogens is 5. The maximum Gasteiger partial charge on any atom is 0.432 e. The van der Waals surface area contributed by atoms with E-state index < -0.39 is 17.7 Å². The van der Waals surface area contributed by atoms with E-state index in [0.717, 1.165) is 16.7 Å². The lowest BCUT2D eigenvalue weighted by Gasteiger charge is -2.10. The largest absolute Gasteiger partial charge is 0.432 e. The normalized spacial score (nSPS) is 11.4. The molecule has 0 bridgehead atoms. The Hall–Kier alpha value is -1.81. The molecule has 7 heteroatoms. The fraction of sp³-hybridized carbons (Fsp3) is 0.154. The van der Waals surface area contributed by atoms with Crippen LogP contribution in [0.2, 0.25) is 0 Å². The number of benzene rings is 1. The maximum atomic E-state index is 13.0. The monoisotopic (exact) mass is 346 g/mol. The summed E-state index contributed by atoms with van der Waals surface area (Å²) in [5.74, 6) is -0.503. The Balaban J connectivity index is 2.78. The van der Waals surface area contributed by atoms with Crippen LogP contribution in [0.5, 0.6) is 0 Å². The SMILES string of the molecule is Cn1c(-c2ccc(F)cc2)c(C#N)c(Br)c1C(F)(F)F. The van der Waals surface area contributed by atoms with Crippen LogP contribution in [-0.4, -0.2) is 4.57 Å². The number of nitrogens with zero attached hydrogens (tertiary/aromatic N) is 2. The Morgan fingerprint density at radius 3 is 2.20 bits per heavy atom. The predicted molar refractivity (Wildman–Crippen MR) is 68.2 cm³/mol. The Morgan fingerprint density at radius 2 is 1.75 bits per heavy atom. The van der Waals surface area contributed by atoms with Gasteiger partial charge in [0, 0.05) is 7.05 Å². The number of aromatic nitrogens is 1. The van der Waals surface area contributed by atoms with Gasteiger partial charge in [-0.3, -0.25) is 0 Å². The van der Waals surface area contributed by atoms with Crippen LogP contribution in [0.4, 0.5) is 17.6 Å². The molecule has 0 saturated carbocycles. The molecular formula is C13H7BrF4N2. The van der Waals surface area contributed by atoms with E-state index in [0.29, 0.717) is 5.56 Å². The van der Waals surface area contributed by atoms with Gasteiger partial charge in [-0.2, -0.15) is 18.4 Å². The van der Waals surface area contributed by atoms with Gasteiger partial charge in [0.15, 0.2) is 0 Å². The highest BCUT2D eigenvalue weighted by Crippen LogP contribution is 2.42. The van der Waals surface area contributed by atoms with Crippen LogP contribution in [0.1, 0.15) is 11.3 Å². The first kappa shape index (κ1) is 14.6. The van der Waals surface area contributed by atoms with Crippen molar-refractivity contribution in [1.82, 2.24) is 4.57 Å². The van der Waals surface area contributed by atoms with Gasteiger partial charge in [-0.1, -0.05) is 0 Å². The van der Waals surface area contributed by atoms with Crippen LogP contribution in [0, 0.1) is 17.1 Å². The van der Waals surface area contributed by atoms with Crippen molar-refractivity contribution in [2.75, 3.05) is 0 Å². The molecule has 2 nitrogen and oxygen atoms in total. The van der Waals surface area contributed by atoms with Crippen molar-refractivity contribution >= 4 is 15.9 Å². The molecule has 0 radical (unpaired) electrons. The van der Waals surface area contributed by atoms with Crippen LogP contribution >= 0.6 is 15.9 Å². The highest BCUT2D eigenvalue weighted by Gasteiger charge is 2.39. The molecule has 0 unspecified atom stereocenters. The topological polar surface area (TPSA) is 28.7 Å². The summed E-state index contributed by atoms with van der Waals surface area (Å²) in [6, 6.07) is 6.67. The summed E-state index contributed by atoms with van der Waals surface area (Å²) in [7, 11) is 1.22. The van der Waals surface area contributed by atoms with E-state index >= 15 is 0 Å². The molecule has 0 aliphatic rings. The van der Waals surface area contributed by atoms with Crippen molar-refractivity contribution in [2.45, 2.75) is 6.18 Å². The van der Waals surface area contributed by atoms with Crippen molar-refractivity contribution in [2.24, 2.45) is 7.05 Å². The van der Waals surface area contributed by atoms with Crippen molar-refractivity contribution in [1.29, 1.82) is 5.26 Å². The number of alkyl halides is 3. The summed E-state index contributed by atoms with van der Waals surface area (Å²) in [5.41, 5.74) is -0.659. The molecule has 0 aliphatic carbocycles. The summed E-state index contributed by atoms with van der Waals surface area (Å²) in [6.07, 6.45) is -4.60. The molecule has 2 rings (SSSR count). The van der Waals surface area contributed by atoms with Crippen LogP contribution in [0.25, 0.3) is 11.3 Å². The van der Waals surface area contributed by atoms with E-state index in [9.17, 15) is 17.6 Å². The zero-order valence-corrected chi connectivity index (χ0v) is 11.7. The van der Waals surface area contributed by atoms with Crippen LogP contribution in [0.3, 0.4) is 0 Å². The van der Waals surface area contributed by atoms with Gasteiger partial charge in [0.25, 0.3) is 0 Å². The molecule has 1 heterocycles. The third kappa shape index (κ3) is 2.31. The second-order valence-electron chi connectivity index (χ2n) is 4.06. The molecule has 104 valence electrons. The standard InChI is InChI=1S/C13H7BrF4N2/c1-20-11(7-2-4-8(15)5-3-7)9(6-19)10(14)12(20)13(16,17)18/h2-5H,1H3. The average Bonchev–Trinajstić information content (AvgIpc) is 2.60. The second kappa shape index (κ2) is 4.94. The summed E-state index contributed by atoms with van der Waals surface area (Å²) >= 11 is 2.82. The summed E-state index contributed by atoms with van der Waals surface area (Å²) in [6.45, 7) is 0. The Morgan fingerprint density at radius 1 is 1.20 bits per heavy atom. The van der Waals surface area contributed by atoms with E-state index in [1.807, 2.05) is 0 Å². The predicted octanol–water partition coefficient (Wildman–Crippen LogP) is 4.48. The van der Waals surface area contributed by atoms with Gasteiger partial charge in [-0.25, -0.2) is 4.39 Å². The molecule has 2 aromatic rings. The first-order valence-electron chi connectivity index (χ1n) is 5.38. The molecule has 0 N–H and O–H groups in total. The van der Waals surface area contributed by atoms with E-state index in [-0.39, 0.29) is 15.7 Å². The fourth-order valence-corrected chi connectivity index (χ4v) is 2.78. The highest BCUT2D eigenvalue weighted by molar-refractivity contribution is 9.10. The molecule has 0 amide bonds.